The molecule has 0 radical (unpaired) electrons. The first-order valence-corrected chi connectivity index (χ1v) is 8.51. The van der Waals surface area contributed by atoms with Gasteiger partial charge in [0.25, 0.3) is 5.91 Å². The van der Waals surface area contributed by atoms with Gasteiger partial charge in [-0.05, 0) is 58.0 Å². The smallest absolute Gasteiger partial charge is 0.264 e. The molecule has 2 aromatic rings. The van der Waals surface area contributed by atoms with Crippen molar-refractivity contribution in [3.63, 3.8) is 0 Å². The van der Waals surface area contributed by atoms with Crippen molar-refractivity contribution < 1.29 is 14.3 Å². The molecule has 2 aromatic carbocycles. The van der Waals surface area contributed by atoms with Crippen LogP contribution in [0.3, 0.4) is 0 Å². The number of hydrogen-bond acceptors (Lipinski definition) is 3. The quantitative estimate of drug-likeness (QED) is 0.811. The van der Waals surface area contributed by atoms with E-state index in [9.17, 15) is 4.79 Å². The lowest BCUT2D eigenvalue weighted by molar-refractivity contribution is -0.134. The van der Waals surface area contributed by atoms with Gasteiger partial charge in [-0.1, -0.05) is 29.3 Å². The van der Waals surface area contributed by atoms with E-state index in [1.807, 2.05) is 32.0 Å². The number of methoxy groups -OCH3 is 1. The second-order valence-corrected chi connectivity index (χ2v) is 6.94. The van der Waals surface area contributed by atoms with Crippen LogP contribution in [0.2, 0.25) is 5.02 Å². The predicted octanol–water partition coefficient (Wildman–Crippen LogP) is 4.69. The van der Waals surface area contributed by atoms with Gasteiger partial charge in [0.2, 0.25) is 0 Å². The van der Waals surface area contributed by atoms with Gasteiger partial charge >= 0.3 is 0 Å². The molecule has 1 atom stereocenters. The minimum absolute atomic E-state index is 0.210. The molecular formula is C20H24ClNO3. The number of carbonyl (C=O) groups excluding carboxylic acids is 1. The van der Waals surface area contributed by atoms with E-state index in [0.717, 1.165) is 16.9 Å². The molecule has 5 heteroatoms. The number of aryl methyl sites for hydroxylation is 1. The van der Waals surface area contributed by atoms with E-state index in [0.29, 0.717) is 10.8 Å². The van der Waals surface area contributed by atoms with Crippen molar-refractivity contribution in [1.29, 1.82) is 0 Å². The van der Waals surface area contributed by atoms with Crippen LogP contribution in [0, 0.1) is 6.92 Å². The highest BCUT2D eigenvalue weighted by Gasteiger charge is 2.31. The molecule has 0 aliphatic heterocycles. The maximum absolute atomic E-state index is 12.7. The molecule has 1 N–H and O–H groups in total. The molecule has 2 rings (SSSR count). The fraction of sp³-hybridized carbons (Fsp3) is 0.350. The maximum Gasteiger partial charge on any atom is 0.264 e. The van der Waals surface area contributed by atoms with Crippen molar-refractivity contribution in [1.82, 2.24) is 5.32 Å². The molecule has 0 fully saturated rings. The zero-order valence-corrected chi connectivity index (χ0v) is 16.0. The Morgan fingerprint density at radius 1 is 1.16 bits per heavy atom. The summed E-state index contributed by atoms with van der Waals surface area (Å²) >= 11 is 5.88. The molecule has 0 aromatic heterocycles. The summed E-state index contributed by atoms with van der Waals surface area (Å²) in [6.07, 6.45) is 0. The zero-order valence-electron chi connectivity index (χ0n) is 15.2. The van der Waals surface area contributed by atoms with Crippen LogP contribution in [0.15, 0.2) is 42.5 Å². The Balaban J connectivity index is 2.11. The molecule has 1 amide bonds. The number of nitrogens with one attached hydrogen (secondary N) is 1. The van der Waals surface area contributed by atoms with Gasteiger partial charge in [0.15, 0.2) is 5.60 Å². The fourth-order valence-electron chi connectivity index (χ4n) is 2.48. The van der Waals surface area contributed by atoms with Gasteiger partial charge < -0.3 is 14.8 Å². The first kappa shape index (κ1) is 19.1. The highest BCUT2D eigenvalue weighted by Crippen LogP contribution is 2.27. The Labute approximate surface area is 154 Å². The lowest BCUT2D eigenvalue weighted by atomic mass is 10.0. The van der Waals surface area contributed by atoms with Crippen LogP contribution < -0.4 is 14.8 Å². The molecule has 0 heterocycles. The van der Waals surface area contributed by atoms with E-state index in [-0.39, 0.29) is 11.9 Å². The predicted molar refractivity (Wildman–Crippen MR) is 100 cm³/mol. The number of rotatable bonds is 6. The SMILES string of the molecule is COc1ccc(C)cc1C(C)NC(=O)C(C)(C)Oc1ccc(Cl)cc1. The average molecular weight is 362 g/mol. The Hall–Kier alpha value is -2.20. The summed E-state index contributed by atoms with van der Waals surface area (Å²) in [5.74, 6) is 1.12. The Kier molecular flexibility index (Phi) is 5.96. The lowest BCUT2D eigenvalue weighted by Gasteiger charge is -2.28. The van der Waals surface area contributed by atoms with Crippen LogP contribution in [0.1, 0.15) is 37.9 Å². The highest BCUT2D eigenvalue weighted by molar-refractivity contribution is 6.30. The summed E-state index contributed by atoms with van der Waals surface area (Å²) in [6.45, 7) is 7.40. The van der Waals surface area contributed by atoms with Crippen LogP contribution in [0.4, 0.5) is 0 Å². The second-order valence-electron chi connectivity index (χ2n) is 6.51. The highest BCUT2D eigenvalue weighted by atomic mass is 35.5. The Bertz CT molecular complexity index is 741. The summed E-state index contributed by atoms with van der Waals surface area (Å²) in [6, 6.07) is 12.6. The number of ether oxygens (including phenoxy) is 2. The topological polar surface area (TPSA) is 47.6 Å². The lowest BCUT2D eigenvalue weighted by Crippen LogP contribution is -2.47. The first-order chi connectivity index (χ1) is 11.7. The van der Waals surface area contributed by atoms with Crippen molar-refractivity contribution in [3.05, 3.63) is 58.6 Å². The summed E-state index contributed by atoms with van der Waals surface area (Å²) < 4.78 is 11.2. The number of halogens is 1. The van der Waals surface area contributed by atoms with Gasteiger partial charge in [-0.25, -0.2) is 0 Å². The van der Waals surface area contributed by atoms with E-state index in [2.05, 4.69) is 5.32 Å². The van der Waals surface area contributed by atoms with Crippen LogP contribution >= 0.6 is 11.6 Å². The van der Waals surface area contributed by atoms with E-state index in [1.54, 1.807) is 45.2 Å². The van der Waals surface area contributed by atoms with Crippen LogP contribution in [-0.4, -0.2) is 18.6 Å². The number of hydrogen-bond donors (Lipinski definition) is 1. The first-order valence-electron chi connectivity index (χ1n) is 8.13. The minimum atomic E-state index is -1.03. The molecule has 4 nitrogen and oxygen atoms in total. The van der Waals surface area contributed by atoms with E-state index < -0.39 is 5.60 Å². The Morgan fingerprint density at radius 2 is 1.80 bits per heavy atom. The molecule has 0 aliphatic carbocycles. The molecule has 134 valence electrons. The molecule has 0 aliphatic rings. The van der Waals surface area contributed by atoms with Crippen molar-refractivity contribution >= 4 is 17.5 Å². The van der Waals surface area contributed by atoms with Crippen LogP contribution in [-0.2, 0) is 4.79 Å². The number of carbonyl (C=O) groups is 1. The maximum atomic E-state index is 12.7. The minimum Gasteiger partial charge on any atom is -0.496 e. The fourth-order valence-corrected chi connectivity index (χ4v) is 2.61. The molecular weight excluding hydrogens is 338 g/mol. The standard InChI is InChI=1S/C20H24ClNO3/c1-13-6-11-18(24-5)17(12-13)14(2)22-19(23)20(3,4)25-16-9-7-15(21)8-10-16/h6-12,14H,1-5H3,(H,22,23). The summed E-state index contributed by atoms with van der Waals surface area (Å²) in [7, 11) is 1.62. The second kappa shape index (κ2) is 7.79. The summed E-state index contributed by atoms with van der Waals surface area (Å²) in [4.78, 5) is 12.7. The molecule has 0 spiro atoms. The van der Waals surface area contributed by atoms with E-state index in [1.165, 1.54) is 0 Å². The van der Waals surface area contributed by atoms with Gasteiger partial charge in [0, 0.05) is 10.6 Å². The van der Waals surface area contributed by atoms with Crippen molar-refractivity contribution in [2.24, 2.45) is 0 Å². The number of amides is 1. The normalized spacial score (nSPS) is 12.4. The third kappa shape index (κ3) is 4.89. The van der Waals surface area contributed by atoms with Gasteiger partial charge in [-0.2, -0.15) is 0 Å². The summed E-state index contributed by atoms with van der Waals surface area (Å²) in [5, 5.41) is 3.62. The van der Waals surface area contributed by atoms with Crippen molar-refractivity contribution in [2.75, 3.05) is 7.11 Å². The van der Waals surface area contributed by atoms with Gasteiger partial charge in [0.05, 0.1) is 13.2 Å². The molecule has 1 unspecified atom stereocenters. The third-order valence-corrected chi connectivity index (χ3v) is 4.18. The average Bonchev–Trinajstić information content (AvgIpc) is 2.56. The largest absolute Gasteiger partial charge is 0.496 e. The zero-order chi connectivity index (χ0) is 18.6. The molecule has 0 saturated heterocycles. The van der Waals surface area contributed by atoms with Gasteiger partial charge in [-0.15, -0.1) is 0 Å². The van der Waals surface area contributed by atoms with Gasteiger partial charge in [-0.3, -0.25) is 4.79 Å². The number of benzene rings is 2. The van der Waals surface area contributed by atoms with Crippen molar-refractivity contribution in [2.45, 2.75) is 39.3 Å². The third-order valence-electron chi connectivity index (χ3n) is 3.93. The monoisotopic (exact) mass is 361 g/mol. The van der Waals surface area contributed by atoms with Crippen molar-refractivity contribution in [3.8, 4) is 11.5 Å². The van der Waals surface area contributed by atoms with Crippen LogP contribution in [0.5, 0.6) is 11.5 Å². The van der Waals surface area contributed by atoms with Crippen LogP contribution in [0.25, 0.3) is 0 Å². The molecule has 0 saturated carbocycles. The summed E-state index contributed by atoms with van der Waals surface area (Å²) in [5.41, 5.74) is 1.01. The van der Waals surface area contributed by atoms with E-state index in [4.69, 9.17) is 21.1 Å². The van der Waals surface area contributed by atoms with E-state index >= 15 is 0 Å². The molecule has 0 bridgehead atoms. The van der Waals surface area contributed by atoms with Gasteiger partial charge in [0.1, 0.15) is 11.5 Å². The molecule has 25 heavy (non-hydrogen) atoms. The Morgan fingerprint density at radius 3 is 2.40 bits per heavy atom.